The molecule has 0 spiro atoms. The summed E-state index contributed by atoms with van der Waals surface area (Å²) in [6.07, 6.45) is 2.60. The maximum absolute atomic E-state index is 11.4. The highest BCUT2D eigenvalue weighted by Gasteiger charge is 2.20. The normalized spacial score (nSPS) is 24.3. The van der Waals surface area contributed by atoms with Crippen LogP contribution in [0.2, 0.25) is 0 Å². The Hall–Kier alpha value is -0.610. The Morgan fingerprint density at radius 3 is 3.08 bits per heavy atom. The van der Waals surface area contributed by atoms with E-state index < -0.39 is 0 Å². The predicted octanol–water partition coefficient (Wildman–Crippen LogP) is 0.0189. The number of nitrogens with two attached hydrogens (primary N) is 1. The molecular weight excluding hydrogens is 168 g/mol. The van der Waals surface area contributed by atoms with Crippen molar-refractivity contribution >= 4 is 5.91 Å². The SMILES string of the molecule is CCCC(N)C(=O)NC1CCOC1. The number of hydrogen-bond acceptors (Lipinski definition) is 3. The molecule has 1 aliphatic heterocycles. The van der Waals surface area contributed by atoms with E-state index in [9.17, 15) is 4.79 Å². The van der Waals surface area contributed by atoms with E-state index in [4.69, 9.17) is 10.5 Å². The van der Waals surface area contributed by atoms with E-state index in [0.29, 0.717) is 6.61 Å². The summed E-state index contributed by atoms with van der Waals surface area (Å²) in [5.41, 5.74) is 5.65. The van der Waals surface area contributed by atoms with E-state index in [1.165, 1.54) is 0 Å². The average Bonchev–Trinajstić information content (AvgIpc) is 2.57. The standard InChI is InChI=1S/C9H18N2O2/c1-2-3-8(10)9(12)11-7-4-5-13-6-7/h7-8H,2-6,10H2,1H3,(H,11,12). The molecule has 0 aromatic heterocycles. The molecule has 13 heavy (non-hydrogen) atoms. The third-order valence-corrected chi connectivity index (χ3v) is 2.21. The van der Waals surface area contributed by atoms with Crippen LogP contribution in [0.15, 0.2) is 0 Å². The Kier molecular flexibility index (Phi) is 4.18. The molecule has 0 aromatic carbocycles. The minimum Gasteiger partial charge on any atom is -0.379 e. The van der Waals surface area contributed by atoms with Crippen molar-refractivity contribution in [3.63, 3.8) is 0 Å². The van der Waals surface area contributed by atoms with Crippen molar-refractivity contribution < 1.29 is 9.53 Å². The quantitative estimate of drug-likeness (QED) is 0.650. The van der Waals surface area contributed by atoms with Crippen LogP contribution in [0.3, 0.4) is 0 Å². The molecule has 76 valence electrons. The van der Waals surface area contributed by atoms with Crippen molar-refractivity contribution in [1.29, 1.82) is 0 Å². The number of nitrogens with one attached hydrogen (secondary N) is 1. The summed E-state index contributed by atoms with van der Waals surface area (Å²) < 4.78 is 5.14. The fourth-order valence-electron chi connectivity index (χ4n) is 1.40. The van der Waals surface area contributed by atoms with Crippen molar-refractivity contribution in [2.45, 2.75) is 38.3 Å². The van der Waals surface area contributed by atoms with E-state index >= 15 is 0 Å². The van der Waals surface area contributed by atoms with Gasteiger partial charge in [-0.1, -0.05) is 13.3 Å². The highest BCUT2D eigenvalue weighted by Crippen LogP contribution is 2.04. The summed E-state index contributed by atoms with van der Waals surface area (Å²) in [5.74, 6) is -0.0441. The highest BCUT2D eigenvalue weighted by atomic mass is 16.5. The molecule has 3 N–H and O–H groups in total. The topological polar surface area (TPSA) is 64.4 Å². The molecule has 1 heterocycles. The van der Waals surface area contributed by atoms with Crippen molar-refractivity contribution in [1.82, 2.24) is 5.32 Å². The van der Waals surface area contributed by atoms with Gasteiger partial charge < -0.3 is 15.8 Å². The molecule has 0 aromatic rings. The van der Waals surface area contributed by atoms with Gasteiger partial charge in [0.05, 0.1) is 18.7 Å². The fourth-order valence-corrected chi connectivity index (χ4v) is 1.40. The number of carbonyl (C=O) groups excluding carboxylic acids is 1. The molecule has 0 aliphatic carbocycles. The van der Waals surface area contributed by atoms with Crippen LogP contribution in [0.25, 0.3) is 0 Å². The van der Waals surface area contributed by atoms with Crippen LogP contribution in [0.4, 0.5) is 0 Å². The molecule has 1 aliphatic rings. The lowest BCUT2D eigenvalue weighted by atomic mass is 10.1. The number of amides is 1. The predicted molar refractivity (Wildman–Crippen MR) is 50.3 cm³/mol. The van der Waals surface area contributed by atoms with Crippen LogP contribution >= 0.6 is 0 Å². The van der Waals surface area contributed by atoms with Gasteiger partial charge in [0.1, 0.15) is 0 Å². The van der Waals surface area contributed by atoms with Crippen LogP contribution in [-0.2, 0) is 9.53 Å². The lowest BCUT2D eigenvalue weighted by Gasteiger charge is -2.14. The first-order valence-electron chi connectivity index (χ1n) is 4.87. The molecular formula is C9H18N2O2. The third-order valence-electron chi connectivity index (χ3n) is 2.21. The zero-order valence-corrected chi connectivity index (χ0v) is 8.08. The first kappa shape index (κ1) is 10.5. The Morgan fingerprint density at radius 1 is 1.77 bits per heavy atom. The van der Waals surface area contributed by atoms with Crippen molar-refractivity contribution in [2.75, 3.05) is 13.2 Å². The fraction of sp³-hybridized carbons (Fsp3) is 0.889. The summed E-state index contributed by atoms with van der Waals surface area (Å²) in [6, 6.07) is -0.180. The smallest absolute Gasteiger partial charge is 0.237 e. The van der Waals surface area contributed by atoms with Crippen molar-refractivity contribution in [2.24, 2.45) is 5.73 Å². The summed E-state index contributed by atoms with van der Waals surface area (Å²) in [5, 5.41) is 2.87. The molecule has 0 radical (unpaired) electrons. The van der Waals surface area contributed by atoms with Gasteiger partial charge in [0.25, 0.3) is 0 Å². The van der Waals surface area contributed by atoms with E-state index in [2.05, 4.69) is 5.32 Å². The third kappa shape index (κ3) is 3.32. The van der Waals surface area contributed by atoms with E-state index in [-0.39, 0.29) is 18.0 Å². The lowest BCUT2D eigenvalue weighted by molar-refractivity contribution is -0.123. The zero-order chi connectivity index (χ0) is 9.68. The molecule has 1 saturated heterocycles. The average molecular weight is 186 g/mol. The Labute approximate surface area is 78.8 Å². The first-order valence-corrected chi connectivity index (χ1v) is 4.87. The van der Waals surface area contributed by atoms with Gasteiger partial charge in [-0.05, 0) is 12.8 Å². The molecule has 0 bridgehead atoms. The van der Waals surface area contributed by atoms with Crippen molar-refractivity contribution in [3.8, 4) is 0 Å². The molecule has 1 fully saturated rings. The molecule has 1 rings (SSSR count). The van der Waals surface area contributed by atoms with Gasteiger partial charge in [0, 0.05) is 6.61 Å². The van der Waals surface area contributed by atoms with E-state index in [1.54, 1.807) is 0 Å². The number of carbonyl (C=O) groups is 1. The van der Waals surface area contributed by atoms with Gasteiger partial charge in [-0.25, -0.2) is 0 Å². The van der Waals surface area contributed by atoms with E-state index in [0.717, 1.165) is 25.9 Å². The van der Waals surface area contributed by atoms with Crippen LogP contribution in [0.5, 0.6) is 0 Å². The largest absolute Gasteiger partial charge is 0.379 e. The summed E-state index contributed by atoms with van der Waals surface area (Å²) >= 11 is 0. The zero-order valence-electron chi connectivity index (χ0n) is 8.08. The van der Waals surface area contributed by atoms with Crippen LogP contribution in [-0.4, -0.2) is 31.2 Å². The van der Waals surface area contributed by atoms with Gasteiger partial charge >= 0.3 is 0 Å². The maximum atomic E-state index is 11.4. The number of hydrogen-bond donors (Lipinski definition) is 2. The molecule has 2 atom stereocenters. The summed E-state index contributed by atoms with van der Waals surface area (Å²) in [4.78, 5) is 11.4. The van der Waals surface area contributed by atoms with Gasteiger partial charge in [0.2, 0.25) is 5.91 Å². The van der Waals surface area contributed by atoms with E-state index in [1.807, 2.05) is 6.92 Å². The lowest BCUT2D eigenvalue weighted by Crippen LogP contribution is -2.45. The summed E-state index contributed by atoms with van der Waals surface area (Å²) in [7, 11) is 0. The van der Waals surface area contributed by atoms with Crippen LogP contribution in [0, 0.1) is 0 Å². The minimum atomic E-state index is -0.356. The molecule has 4 nitrogen and oxygen atoms in total. The summed E-state index contributed by atoms with van der Waals surface area (Å²) in [6.45, 7) is 3.39. The first-order chi connectivity index (χ1) is 6.24. The van der Waals surface area contributed by atoms with Gasteiger partial charge in [-0.15, -0.1) is 0 Å². The molecule has 0 saturated carbocycles. The Morgan fingerprint density at radius 2 is 2.54 bits per heavy atom. The minimum absolute atomic E-state index is 0.0441. The van der Waals surface area contributed by atoms with Crippen molar-refractivity contribution in [3.05, 3.63) is 0 Å². The second kappa shape index (κ2) is 5.19. The monoisotopic (exact) mass is 186 g/mol. The number of rotatable bonds is 4. The molecule has 4 heteroatoms. The van der Waals surface area contributed by atoms with Crippen LogP contribution in [0.1, 0.15) is 26.2 Å². The van der Waals surface area contributed by atoms with Gasteiger partial charge in [-0.2, -0.15) is 0 Å². The molecule has 1 amide bonds. The highest BCUT2D eigenvalue weighted by molar-refractivity contribution is 5.81. The number of ether oxygens (including phenoxy) is 1. The second-order valence-corrected chi connectivity index (χ2v) is 3.46. The van der Waals surface area contributed by atoms with Crippen LogP contribution < -0.4 is 11.1 Å². The molecule has 2 unspecified atom stereocenters. The van der Waals surface area contributed by atoms with Gasteiger partial charge in [-0.3, -0.25) is 4.79 Å². The Bertz CT molecular complexity index is 167. The van der Waals surface area contributed by atoms with Gasteiger partial charge in [0.15, 0.2) is 0 Å². The maximum Gasteiger partial charge on any atom is 0.237 e. The second-order valence-electron chi connectivity index (χ2n) is 3.46. The Balaban J connectivity index is 2.22.